The molecule has 2 N–H and O–H groups in total. The predicted octanol–water partition coefficient (Wildman–Crippen LogP) is 1.90. The van der Waals surface area contributed by atoms with Crippen LogP contribution >= 0.6 is 15.9 Å². The molecule has 0 bridgehead atoms. The third-order valence-corrected chi connectivity index (χ3v) is 1.95. The van der Waals surface area contributed by atoms with Gasteiger partial charge in [-0.05, 0) is 34.1 Å². The second kappa shape index (κ2) is 4.24. The quantitative estimate of drug-likeness (QED) is 0.674. The van der Waals surface area contributed by atoms with E-state index in [0.29, 0.717) is 5.56 Å². The lowest BCUT2D eigenvalue weighted by Crippen LogP contribution is -1.93. The number of rotatable bonds is 0. The average Bonchev–Trinajstić information content (AvgIpc) is 2.07. The van der Waals surface area contributed by atoms with Gasteiger partial charge < -0.3 is 5.73 Å². The van der Waals surface area contributed by atoms with Crippen molar-refractivity contribution in [2.45, 2.75) is 0 Å². The van der Waals surface area contributed by atoms with Gasteiger partial charge >= 0.3 is 0 Å². The summed E-state index contributed by atoms with van der Waals surface area (Å²) < 4.78 is 13.4. The molecule has 0 spiro atoms. The van der Waals surface area contributed by atoms with Gasteiger partial charge in [0.05, 0.1) is 6.54 Å². The van der Waals surface area contributed by atoms with Gasteiger partial charge in [-0.3, -0.25) is 0 Å². The molecule has 3 heteroatoms. The van der Waals surface area contributed by atoms with Gasteiger partial charge in [-0.2, -0.15) is 0 Å². The van der Waals surface area contributed by atoms with Gasteiger partial charge in [-0.25, -0.2) is 4.39 Å². The van der Waals surface area contributed by atoms with Gasteiger partial charge in [-0.15, -0.1) is 0 Å². The highest BCUT2D eigenvalue weighted by atomic mass is 79.9. The molecule has 0 fully saturated rings. The highest BCUT2D eigenvalue weighted by Gasteiger charge is 1.96. The van der Waals surface area contributed by atoms with Crippen LogP contribution in [-0.2, 0) is 0 Å². The summed E-state index contributed by atoms with van der Waals surface area (Å²) >= 11 is 3.25. The zero-order valence-electron chi connectivity index (χ0n) is 6.27. The monoisotopic (exact) mass is 227 g/mol. The lowest BCUT2D eigenvalue weighted by molar-refractivity contribution is 0.627. The summed E-state index contributed by atoms with van der Waals surface area (Å²) in [6.07, 6.45) is 0. The van der Waals surface area contributed by atoms with Crippen molar-refractivity contribution >= 4 is 15.9 Å². The largest absolute Gasteiger partial charge is 0.320 e. The summed E-state index contributed by atoms with van der Waals surface area (Å²) in [5.41, 5.74) is 5.81. The van der Waals surface area contributed by atoms with Crippen LogP contribution in [0, 0.1) is 17.7 Å². The molecule has 0 aromatic heterocycles. The molecule has 0 heterocycles. The van der Waals surface area contributed by atoms with Crippen molar-refractivity contribution in [1.82, 2.24) is 0 Å². The summed E-state index contributed by atoms with van der Waals surface area (Å²) in [6, 6.07) is 4.36. The van der Waals surface area contributed by atoms with Crippen LogP contribution in [0.1, 0.15) is 5.56 Å². The van der Waals surface area contributed by atoms with Gasteiger partial charge in [0.25, 0.3) is 0 Å². The highest BCUT2D eigenvalue weighted by molar-refractivity contribution is 9.10. The van der Waals surface area contributed by atoms with Crippen LogP contribution in [0.3, 0.4) is 0 Å². The first-order chi connectivity index (χ1) is 5.74. The minimum Gasteiger partial charge on any atom is -0.320 e. The molecule has 12 heavy (non-hydrogen) atoms. The molecule has 62 valence electrons. The first-order valence-corrected chi connectivity index (χ1v) is 4.17. The zero-order valence-corrected chi connectivity index (χ0v) is 7.86. The van der Waals surface area contributed by atoms with Crippen LogP contribution in [0.4, 0.5) is 4.39 Å². The van der Waals surface area contributed by atoms with E-state index >= 15 is 0 Å². The molecule has 1 aromatic carbocycles. The standard InChI is InChI=1S/C9H7BrFN/c10-9-4-3-8(11)6-7(9)2-1-5-12/h3-4,6H,5,12H2. The average molecular weight is 228 g/mol. The fraction of sp³-hybridized carbons (Fsp3) is 0.111. The molecule has 1 nitrogen and oxygen atoms in total. The summed E-state index contributed by atoms with van der Waals surface area (Å²) in [4.78, 5) is 0. The maximum Gasteiger partial charge on any atom is 0.124 e. The summed E-state index contributed by atoms with van der Waals surface area (Å²) in [5, 5.41) is 0. The van der Waals surface area contributed by atoms with Crippen molar-refractivity contribution < 1.29 is 4.39 Å². The molecule has 0 radical (unpaired) electrons. The van der Waals surface area contributed by atoms with Crippen LogP contribution in [0.15, 0.2) is 22.7 Å². The molecule has 0 saturated carbocycles. The zero-order chi connectivity index (χ0) is 8.97. The van der Waals surface area contributed by atoms with E-state index in [4.69, 9.17) is 5.73 Å². The van der Waals surface area contributed by atoms with Gasteiger partial charge in [0.2, 0.25) is 0 Å². The molecule has 0 unspecified atom stereocenters. The van der Waals surface area contributed by atoms with E-state index < -0.39 is 0 Å². The van der Waals surface area contributed by atoms with Crippen molar-refractivity contribution in [1.29, 1.82) is 0 Å². The van der Waals surface area contributed by atoms with E-state index in [1.54, 1.807) is 6.07 Å². The Morgan fingerprint density at radius 1 is 1.50 bits per heavy atom. The van der Waals surface area contributed by atoms with Crippen LogP contribution in [0.25, 0.3) is 0 Å². The summed E-state index contributed by atoms with van der Waals surface area (Å²) in [5.74, 6) is 5.11. The van der Waals surface area contributed by atoms with Crippen molar-refractivity contribution in [3.63, 3.8) is 0 Å². The highest BCUT2D eigenvalue weighted by Crippen LogP contribution is 2.16. The predicted molar refractivity (Wildman–Crippen MR) is 50.0 cm³/mol. The number of nitrogens with two attached hydrogens (primary N) is 1. The van der Waals surface area contributed by atoms with Crippen molar-refractivity contribution in [3.8, 4) is 11.8 Å². The van der Waals surface area contributed by atoms with Crippen LogP contribution < -0.4 is 5.73 Å². The Kier molecular flexibility index (Phi) is 3.27. The molecule has 0 atom stereocenters. The fourth-order valence-corrected chi connectivity index (χ4v) is 1.09. The third kappa shape index (κ3) is 2.33. The van der Waals surface area contributed by atoms with E-state index in [9.17, 15) is 4.39 Å². The Morgan fingerprint density at radius 3 is 2.92 bits per heavy atom. The van der Waals surface area contributed by atoms with Gasteiger partial charge in [0.1, 0.15) is 5.82 Å². The number of hydrogen-bond donors (Lipinski definition) is 1. The maximum atomic E-state index is 12.7. The summed E-state index contributed by atoms with van der Waals surface area (Å²) in [6.45, 7) is 0.281. The van der Waals surface area contributed by atoms with E-state index in [2.05, 4.69) is 27.8 Å². The molecule has 0 amide bonds. The Morgan fingerprint density at radius 2 is 2.25 bits per heavy atom. The Balaban J connectivity index is 3.05. The Labute approximate surface area is 78.9 Å². The van der Waals surface area contributed by atoms with Crippen LogP contribution in [0.2, 0.25) is 0 Å². The lowest BCUT2D eigenvalue weighted by Gasteiger charge is -1.94. The smallest absolute Gasteiger partial charge is 0.124 e. The van der Waals surface area contributed by atoms with E-state index in [0.717, 1.165) is 4.47 Å². The van der Waals surface area contributed by atoms with E-state index in [1.807, 2.05) is 0 Å². The van der Waals surface area contributed by atoms with E-state index in [1.165, 1.54) is 12.1 Å². The molecule has 0 aliphatic heterocycles. The molecule has 0 saturated heterocycles. The number of benzene rings is 1. The fourth-order valence-electron chi connectivity index (χ4n) is 0.740. The number of hydrogen-bond acceptors (Lipinski definition) is 1. The molecule has 1 aromatic rings. The van der Waals surface area contributed by atoms with Crippen molar-refractivity contribution in [2.24, 2.45) is 5.73 Å². The third-order valence-electron chi connectivity index (χ3n) is 1.25. The molecule has 0 aliphatic rings. The first kappa shape index (κ1) is 9.24. The van der Waals surface area contributed by atoms with Gasteiger partial charge in [0, 0.05) is 10.0 Å². The minimum atomic E-state index is -0.292. The van der Waals surface area contributed by atoms with Gasteiger partial charge in [-0.1, -0.05) is 11.8 Å². The van der Waals surface area contributed by atoms with E-state index in [-0.39, 0.29) is 12.4 Å². The first-order valence-electron chi connectivity index (χ1n) is 3.38. The van der Waals surface area contributed by atoms with Crippen molar-refractivity contribution in [3.05, 3.63) is 34.1 Å². The molecular weight excluding hydrogens is 221 g/mol. The minimum absolute atomic E-state index is 0.281. The Hall–Kier alpha value is -0.850. The summed E-state index contributed by atoms with van der Waals surface area (Å²) in [7, 11) is 0. The second-order valence-electron chi connectivity index (χ2n) is 2.13. The lowest BCUT2D eigenvalue weighted by atomic mass is 10.2. The topological polar surface area (TPSA) is 26.0 Å². The SMILES string of the molecule is NCC#Cc1cc(F)ccc1Br. The van der Waals surface area contributed by atoms with Gasteiger partial charge in [0.15, 0.2) is 0 Å². The number of halogens is 2. The van der Waals surface area contributed by atoms with Crippen LogP contribution in [-0.4, -0.2) is 6.54 Å². The Bertz CT molecular complexity index is 338. The molecular formula is C9H7BrFN. The van der Waals surface area contributed by atoms with Crippen LogP contribution in [0.5, 0.6) is 0 Å². The maximum absolute atomic E-state index is 12.7. The normalized spacial score (nSPS) is 8.92. The second-order valence-corrected chi connectivity index (χ2v) is 2.98. The molecule has 1 rings (SSSR count). The van der Waals surface area contributed by atoms with Crippen molar-refractivity contribution in [2.75, 3.05) is 6.54 Å². The molecule has 0 aliphatic carbocycles.